The van der Waals surface area contributed by atoms with Crippen molar-refractivity contribution in [2.24, 2.45) is 0 Å². The molecule has 1 aromatic heterocycles. The summed E-state index contributed by atoms with van der Waals surface area (Å²) in [6, 6.07) is 2.90. The molecule has 2 fully saturated rings. The van der Waals surface area contributed by atoms with E-state index in [4.69, 9.17) is 0 Å². The van der Waals surface area contributed by atoms with Crippen LogP contribution >= 0.6 is 11.3 Å². The van der Waals surface area contributed by atoms with Gasteiger partial charge in [0.25, 0.3) is 0 Å². The van der Waals surface area contributed by atoms with E-state index in [1.165, 1.54) is 44.1 Å². The summed E-state index contributed by atoms with van der Waals surface area (Å²) in [5, 5.41) is 10.6. The first-order chi connectivity index (χ1) is 11.3. The Morgan fingerprint density at radius 2 is 1.91 bits per heavy atom. The molecule has 0 aromatic carbocycles. The van der Waals surface area contributed by atoms with Crippen LogP contribution in [0.15, 0.2) is 16.8 Å². The summed E-state index contributed by atoms with van der Waals surface area (Å²) in [7, 11) is 0. The molecule has 0 spiro atoms. The molecule has 1 atom stereocenters. The van der Waals surface area contributed by atoms with Gasteiger partial charge in [-0.2, -0.15) is 11.3 Å². The van der Waals surface area contributed by atoms with Gasteiger partial charge in [0.05, 0.1) is 6.04 Å². The van der Waals surface area contributed by atoms with Gasteiger partial charge in [0.1, 0.15) is 0 Å². The van der Waals surface area contributed by atoms with Gasteiger partial charge in [-0.1, -0.05) is 25.7 Å². The Kier molecular flexibility index (Phi) is 6.34. The van der Waals surface area contributed by atoms with Crippen molar-refractivity contribution in [1.82, 2.24) is 15.5 Å². The van der Waals surface area contributed by atoms with E-state index in [2.05, 4.69) is 32.4 Å². The van der Waals surface area contributed by atoms with Gasteiger partial charge in [-0.25, -0.2) is 4.79 Å². The predicted molar refractivity (Wildman–Crippen MR) is 95.9 cm³/mol. The van der Waals surface area contributed by atoms with Crippen molar-refractivity contribution in [3.05, 3.63) is 22.4 Å². The van der Waals surface area contributed by atoms with Crippen LogP contribution in [0.1, 0.15) is 63.0 Å². The highest BCUT2D eigenvalue weighted by atomic mass is 32.1. The zero-order valence-electron chi connectivity index (χ0n) is 13.9. The summed E-state index contributed by atoms with van der Waals surface area (Å²) in [6.45, 7) is 2.99. The zero-order valence-corrected chi connectivity index (χ0v) is 14.7. The van der Waals surface area contributed by atoms with Crippen molar-refractivity contribution in [3.63, 3.8) is 0 Å². The molecule has 2 amide bonds. The molecule has 0 bridgehead atoms. The van der Waals surface area contributed by atoms with Crippen LogP contribution in [-0.4, -0.2) is 36.6 Å². The van der Waals surface area contributed by atoms with Crippen molar-refractivity contribution in [1.29, 1.82) is 0 Å². The standard InChI is InChI=1S/C18H29N3OS/c22-18(20-16-7-3-1-4-8-16)19-13-17(15-9-12-23-14-15)21-10-5-2-6-11-21/h9,12,14,16-17H,1-8,10-11,13H2,(H2,19,20,22). The summed E-state index contributed by atoms with van der Waals surface area (Å²) in [5.41, 5.74) is 1.34. The maximum Gasteiger partial charge on any atom is 0.315 e. The molecular weight excluding hydrogens is 306 g/mol. The number of carbonyl (C=O) groups is 1. The predicted octanol–water partition coefficient (Wildman–Crippen LogP) is 3.91. The molecule has 2 aliphatic rings. The van der Waals surface area contributed by atoms with Crippen molar-refractivity contribution < 1.29 is 4.79 Å². The van der Waals surface area contributed by atoms with Crippen molar-refractivity contribution in [2.45, 2.75) is 63.5 Å². The van der Waals surface area contributed by atoms with Gasteiger partial charge < -0.3 is 10.6 Å². The van der Waals surface area contributed by atoms with Gasteiger partial charge in [-0.3, -0.25) is 4.90 Å². The maximum atomic E-state index is 12.2. The number of urea groups is 1. The lowest BCUT2D eigenvalue weighted by Crippen LogP contribution is -2.46. The van der Waals surface area contributed by atoms with Crippen LogP contribution in [0, 0.1) is 0 Å². The Morgan fingerprint density at radius 3 is 2.61 bits per heavy atom. The highest BCUT2D eigenvalue weighted by Gasteiger charge is 2.23. The largest absolute Gasteiger partial charge is 0.336 e. The first-order valence-electron chi connectivity index (χ1n) is 9.13. The van der Waals surface area contributed by atoms with E-state index in [1.54, 1.807) is 11.3 Å². The molecule has 128 valence electrons. The number of piperidine rings is 1. The van der Waals surface area contributed by atoms with E-state index in [-0.39, 0.29) is 6.03 Å². The van der Waals surface area contributed by atoms with Gasteiger partial charge in [-0.15, -0.1) is 0 Å². The third kappa shape index (κ3) is 4.95. The van der Waals surface area contributed by atoms with Crippen molar-refractivity contribution in [3.8, 4) is 0 Å². The summed E-state index contributed by atoms with van der Waals surface area (Å²) in [6.07, 6.45) is 9.95. The smallest absolute Gasteiger partial charge is 0.315 e. The number of rotatable bonds is 5. The summed E-state index contributed by atoms with van der Waals surface area (Å²) in [5.74, 6) is 0. The monoisotopic (exact) mass is 335 g/mol. The number of amides is 2. The second-order valence-electron chi connectivity index (χ2n) is 6.86. The number of hydrogen-bond donors (Lipinski definition) is 2. The van der Waals surface area contributed by atoms with Crippen LogP contribution in [0.3, 0.4) is 0 Å². The molecular formula is C18H29N3OS. The molecule has 1 saturated carbocycles. The number of hydrogen-bond acceptors (Lipinski definition) is 3. The highest BCUT2D eigenvalue weighted by Crippen LogP contribution is 2.25. The molecule has 3 rings (SSSR count). The second kappa shape index (κ2) is 8.69. The van der Waals surface area contributed by atoms with Crippen LogP contribution in [0.2, 0.25) is 0 Å². The molecule has 1 aromatic rings. The Morgan fingerprint density at radius 1 is 1.17 bits per heavy atom. The van der Waals surface area contributed by atoms with Crippen molar-refractivity contribution >= 4 is 17.4 Å². The zero-order chi connectivity index (χ0) is 15.9. The number of nitrogens with one attached hydrogen (secondary N) is 2. The topological polar surface area (TPSA) is 44.4 Å². The Balaban J connectivity index is 1.52. The first-order valence-corrected chi connectivity index (χ1v) is 10.1. The van der Waals surface area contributed by atoms with Crippen LogP contribution in [0.5, 0.6) is 0 Å². The van der Waals surface area contributed by atoms with Crippen LogP contribution < -0.4 is 10.6 Å². The quantitative estimate of drug-likeness (QED) is 0.857. The van der Waals surface area contributed by atoms with Gasteiger partial charge in [-0.05, 0) is 61.2 Å². The minimum Gasteiger partial charge on any atom is -0.336 e. The number of nitrogens with zero attached hydrogens (tertiary/aromatic N) is 1. The highest BCUT2D eigenvalue weighted by molar-refractivity contribution is 7.07. The third-order valence-corrected chi connectivity index (χ3v) is 5.86. The fourth-order valence-corrected chi connectivity index (χ4v) is 4.53. The average molecular weight is 336 g/mol. The molecule has 1 aliphatic heterocycles. The minimum absolute atomic E-state index is 0.00846. The average Bonchev–Trinajstić information content (AvgIpc) is 3.11. The summed E-state index contributed by atoms with van der Waals surface area (Å²) in [4.78, 5) is 14.8. The summed E-state index contributed by atoms with van der Waals surface area (Å²) >= 11 is 1.74. The van der Waals surface area contributed by atoms with E-state index in [0.29, 0.717) is 18.6 Å². The van der Waals surface area contributed by atoms with Crippen LogP contribution in [0.4, 0.5) is 4.79 Å². The van der Waals surface area contributed by atoms with E-state index in [0.717, 1.165) is 25.9 Å². The SMILES string of the molecule is O=C(NCC(c1ccsc1)N1CCCCC1)NC1CCCCC1. The Bertz CT molecular complexity index is 465. The van der Waals surface area contributed by atoms with Gasteiger partial charge in [0.2, 0.25) is 0 Å². The van der Waals surface area contributed by atoms with E-state index < -0.39 is 0 Å². The molecule has 1 aliphatic carbocycles. The molecule has 4 nitrogen and oxygen atoms in total. The van der Waals surface area contributed by atoms with E-state index >= 15 is 0 Å². The normalized spacial score (nSPS) is 21.7. The number of thiophene rings is 1. The van der Waals surface area contributed by atoms with Gasteiger partial charge in [0, 0.05) is 12.6 Å². The van der Waals surface area contributed by atoms with Crippen molar-refractivity contribution in [2.75, 3.05) is 19.6 Å². The van der Waals surface area contributed by atoms with E-state index in [1.807, 2.05) is 0 Å². The minimum atomic E-state index is 0.00846. The fraction of sp³-hybridized carbons (Fsp3) is 0.722. The maximum absolute atomic E-state index is 12.2. The molecule has 0 radical (unpaired) electrons. The molecule has 1 saturated heterocycles. The van der Waals surface area contributed by atoms with E-state index in [9.17, 15) is 4.79 Å². The molecule has 2 N–H and O–H groups in total. The van der Waals surface area contributed by atoms with Gasteiger partial charge in [0.15, 0.2) is 0 Å². The Hall–Kier alpha value is -1.07. The summed E-state index contributed by atoms with van der Waals surface area (Å²) < 4.78 is 0. The van der Waals surface area contributed by atoms with Gasteiger partial charge >= 0.3 is 6.03 Å². The second-order valence-corrected chi connectivity index (χ2v) is 7.64. The lowest BCUT2D eigenvalue weighted by molar-refractivity contribution is 0.160. The molecule has 23 heavy (non-hydrogen) atoms. The Labute approximate surface area is 143 Å². The fourth-order valence-electron chi connectivity index (χ4n) is 3.83. The molecule has 1 unspecified atom stereocenters. The van der Waals surface area contributed by atoms with Crippen LogP contribution in [0.25, 0.3) is 0 Å². The molecule has 2 heterocycles. The number of likely N-dealkylation sites (tertiary alicyclic amines) is 1. The first kappa shape index (κ1) is 16.8. The lowest BCUT2D eigenvalue weighted by Gasteiger charge is -2.34. The number of carbonyl (C=O) groups excluding carboxylic acids is 1. The lowest BCUT2D eigenvalue weighted by atomic mass is 9.96. The molecule has 5 heteroatoms. The third-order valence-electron chi connectivity index (χ3n) is 5.16. The van der Waals surface area contributed by atoms with Crippen LogP contribution in [-0.2, 0) is 0 Å².